The second kappa shape index (κ2) is 6.32. The van der Waals surface area contributed by atoms with Crippen LogP contribution in [0.1, 0.15) is 33.5 Å². The fourth-order valence-corrected chi connectivity index (χ4v) is 3.33. The molecule has 0 aliphatic carbocycles. The zero-order valence-electron chi connectivity index (χ0n) is 14.0. The Morgan fingerprint density at radius 1 is 0.778 bits per heavy atom. The molecule has 0 amide bonds. The van der Waals surface area contributed by atoms with Crippen LogP contribution in [0.5, 0.6) is 23.0 Å². The Kier molecular flexibility index (Phi) is 3.96. The molecule has 0 spiro atoms. The predicted molar refractivity (Wildman–Crippen MR) is 94.7 cm³/mol. The first-order valence-electron chi connectivity index (χ1n) is 8.25. The van der Waals surface area contributed by atoms with Gasteiger partial charge in [0, 0.05) is 12.1 Å². The number of benzene rings is 3. The molecule has 0 bridgehead atoms. The van der Waals surface area contributed by atoms with Crippen molar-refractivity contribution >= 4 is 5.78 Å². The van der Waals surface area contributed by atoms with Crippen LogP contribution < -0.4 is 4.74 Å². The number of carbonyl (C=O) groups is 1. The molecule has 3 N–H and O–H groups in total. The molecule has 6 heteroatoms. The molecule has 136 valence electrons. The Morgan fingerprint density at radius 3 is 1.93 bits per heavy atom. The Hall–Kier alpha value is -3.54. The number of Topliss-reactive ketones (excluding diaryl/α,β-unsaturated/α-hetero) is 1. The van der Waals surface area contributed by atoms with Crippen molar-refractivity contribution < 1.29 is 29.2 Å². The number of rotatable bonds is 2. The first-order chi connectivity index (χ1) is 12.9. The van der Waals surface area contributed by atoms with E-state index < -0.39 is 23.6 Å². The maximum Gasteiger partial charge on any atom is 0.181 e. The van der Waals surface area contributed by atoms with Crippen LogP contribution in [0, 0.1) is 5.82 Å². The van der Waals surface area contributed by atoms with E-state index >= 15 is 0 Å². The summed E-state index contributed by atoms with van der Waals surface area (Å²) in [5.74, 6) is -2.48. The smallest absolute Gasteiger partial charge is 0.181 e. The third kappa shape index (κ3) is 2.95. The van der Waals surface area contributed by atoms with Crippen LogP contribution in [0.2, 0.25) is 0 Å². The average molecular weight is 366 g/mol. The molecule has 1 aliphatic heterocycles. The standard InChI is InChI=1S/C21H15FO5/c22-16-9-15(25)10-17-19(16)20(26)18(11-1-5-13(23)6-2-11)21(27-17)12-3-7-14(24)8-4-12/h1-10,18,21,23-25H. The molecule has 0 saturated carbocycles. The third-order valence-electron chi connectivity index (χ3n) is 4.60. The molecule has 27 heavy (non-hydrogen) atoms. The van der Waals surface area contributed by atoms with Gasteiger partial charge in [0.25, 0.3) is 0 Å². The van der Waals surface area contributed by atoms with Gasteiger partial charge in [-0.15, -0.1) is 0 Å². The van der Waals surface area contributed by atoms with Gasteiger partial charge in [0.1, 0.15) is 34.9 Å². The summed E-state index contributed by atoms with van der Waals surface area (Å²) in [7, 11) is 0. The van der Waals surface area contributed by atoms with Crippen molar-refractivity contribution in [2.75, 3.05) is 0 Å². The number of phenolic OH excluding ortho intramolecular Hbond substituents is 3. The third-order valence-corrected chi connectivity index (χ3v) is 4.60. The summed E-state index contributed by atoms with van der Waals surface area (Å²) in [5, 5.41) is 28.7. The van der Waals surface area contributed by atoms with Gasteiger partial charge in [0.2, 0.25) is 0 Å². The van der Waals surface area contributed by atoms with Gasteiger partial charge in [0.05, 0.1) is 11.5 Å². The average Bonchev–Trinajstić information content (AvgIpc) is 2.62. The number of ketones is 1. The van der Waals surface area contributed by atoms with Crippen LogP contribution in [-0.4, -0.2) is 21.1 Å². The molecule has 0 aromatic heterocycles. The maximum absolute atomic E-state index is 14.4. The van der Waals surface area contributed by atoms with Gasteiger partial charge in [-0.25, -0.2) is 4.39 Å². The highest BCUT2D eigenvalue weighted by Crippen LogP contribution is 2.46. The molecule has 3 aromatic rings. The monoisotopic (exact) mass is 366 g/mol. The lowest BCUT2D eigenvalue weighted by Crippen LogP contribution is -2.30. The molecule has 1 heterocycles. The molecule has 0 fully saturated rings. The van der Waals surface area contributed by atoms with Gasteiger partial charge < -0.3 is 20.1 Å². The summed E-state index contributed by atoms with van der Waals surface area (Å²) in [6.45, 7) is 0. The van der Waals surface area contributed by atoms with Crippen LogP contribution in [0.15, 0.2) is 60.7 Å². The molecule has 3 aromatic carbocycles. The normalized spacial score (nSPS) is 18.6. The minimum atomic E-state index is -0.860. The Balaban J connectivity index is 1.89. The van der Waals surface area contributed by atoms with Gasteiger partial charge in [-0.2, -0.15) is 0 Å². The number of phenols is 3. The van der Waals surface area contributed by atoms with Crippen molar-refractivity contribution in [2.45, 2.75) is 12.0 Å². The fraction of sp³-hybridized carbons (Fsp3) is 0.0952. The van der Waals surface area contributed by atoms with Crippen LogP contribution >= 0.6 is 0 Å². The van der Waals surface area contributed by atoms with E-state index in [0.717, 1.165) is 6.07 Å². The topological polar surface area (TPSA) is 87.0 Å². The van der Waals surface area contributed by atoms with Gasteiger partial charge in [-0.3, -0.25) is 4.79 Å². The molecule has 1 aliphatic rings. The number of halogens is 1. The predicted octanol–water partition coefficient (Wildman–Crippen LogP) is 4.04. The van der Waals surface area contributed by atoms with E-state index in [0.29, 0.717) is 11.1 Å². The second-order valence-corrected chi connectivity index (χ2v) is 6.36. The van der Waals surface area contributed by atoms with Crippen molar-refractivity contribution in [3.8, 4) is 23.0 Å². The zero-order chi connectivity index (χ0) is 19.1. The summed E-state index contributed by atoms with van der Waals surface area (Å²) >= 11 is 0. The van der Waals surface area contributed by atoms with Crippen LogP contribution in [0.3, 0.4) is 0 Å². The Bertz CT molecular complexity index is 1010. The molecular weight excluding hydrogens is 351 g/mol. The van der Waals surface area contributed by atoms with Crippen molar-refractivity contribution in [2.24, 2.45) is 0 Å². The molecule has 4 rings (SSSR count). The van der Waals surface area contributed by atoms with Crippen molar-refractivity contribution in [1.29, 1.82) is 0 Å². The highest BCUT2D eigenvalue weighted by molar-refractivity contribution is 6.05. The Morgan fingerprint density at radius 2 is 1.33 bits per heavy atom. The maximum atomic E-state index is 14.4. The lowest BCUT2D eigenvalue weighted by atomic mass is 9.81. The van der Waals surface area contributed by atoms with Crippen molar-refractivity contribution in [1.82, 2.24) is 0 Å². The van der Waals surface area contributed by atoms with E-state index in [9.17, 15) is 24.5 Å². The fourth-order valence-electron chi connectivity index (χ4n) is 3.33. The SMILES string of the molecule is O=C1c2c(F)cc(O)cc2OC(c2ccc(O)cc2)C1c1ccc(O)cc1. The minimum Gasteiger partial charge on any atom is -0.508 e. The zero-order valence-corrected chi connectivity index (χ0v) is 14.0. The van der Waals surface area contributed by atoms with Crippen LogP contribution in [0.25, 0.3) is 0 Å². The molecule has 0 saturated heterocycles. The quantitative estimate of drug-likeness (QED) is 0.637. The van der Waals surface area contributed by atoms with Gasteiger partial charge in [-0.05, 0) is 35.4 Å². The van der Waals surface area contributed by atoms with Gasteiger partial charge in [0.15, 0.2) is 5.78 Å². The molecule has 2 unspecified atom stereocenters. The van der Waals surface area contributed by atoms with E-state index in [1.807, 2.05) is 0 Å². The number of aromatic hydroxyl groups is 3. The number of fused-ring (bicyclic) bond motifs is 1. The van der Waals surface area contributed by atoms with Crippen LogP contribution in [-0.2, 0) is 0 Å². The van der Waals surface area contributed by atoms with E-state index in [4.69, 9.17) is 4.74 Å². The number of ether oxygens (including phenoxy) is 1. The van der Waals surface area contributed by atoms with Crippen molar-refractivity contribution in [3.05, 3.63) is 83.2 Å². The van der Waals surface area contributed by atoms with Crippen LogP contribution in [0.4, 0.5) is 4.39 Å². The van der Waals surface area contributed by atoms with Gasteiger partial charge >= 0.3 is 0 Å². The molecule has 2 atom stereocenters. The largest absolute Gasteiger partial charge is 0.508 e. The minimum absolute atomic E-state index is 0.0365. The lowest BCUT2D eigenvalue weighted by molar-refractivity contribution is 0.0773. The van der Waals surface area contributed by atoms with E-state index in [1.165, 1.54) is 30.3 Å². The summed E-state index contributed by atoms with van der Waals surface area (Å²) in [6, 6.07) is 14.3. The first-order valence-corrected chi connectivity index (χ1v) is 8.25. The lowest BCUT2D eigenvalue weighted by Gasteiger charge is -2.33. The highest BCUT2D eigenvalue weighted by atomic mass is 19.1. The number of carbonyl (C=O) groups excluding carboxylic acids is 1. The first kappa shape index (κ1) is 16.9. The molecular formula is C21H15FO5. The molecule has 5 nitrogen and oxygen atoms in total. The summed E-state index contributed by atoms with van der Waals surface area (Å²) in [4.78, 5) is 13.2. The summed E-state index contributed by atoms with van der Waals surface area (Å²) in [5.41, 5.74) is 0.934. The highest BCUT2D eigenvalue weighted by Gasteiger charge is 2.41. The van der Waals surface area contributed by atoms with Gasteiger partial charge in [-0.1, -0.05) is 24.3 Å². The second-order valence-electron chi connectivity index (χ2n) is 6.36. The molecule has 0 radical (unpaired) electrons. The van der Waals surface area contributed by atoms with E-state index in [1.54, 1.807) is 24.3 Å². The Labute approximate surface area is 153 Å². The summed E-state index contributed by atoms with van der Waals surface area (Å²) < 4.78 is 20.3. The number of hydrogen-bond acceptors (Lipinski definition) is 5. The van der Waals surface area contributed by atoms with E-state index in [2.05, 4.69) is 0 Å². The van der Waals surface area contributed by atoms with E-state index in [-0.39, 0.29) is 28.6 Å². The number of hydrogen-bond donors (Lipinski definition) is 3. The van der Waals surface area contributed by atoms with Crippen molar-refractivity contribution in [3.63, 3.8) is 0 Å². The summed E-state index contributed by atoms with van der Waals surface area (Å²) in [6.07, 6.45) is -0.795.